The first kappa shape index (κ1) is 16.4. The Bertz CT molecular complexity index is 448. The molecule has 3 nitrogen and oxygen atoms in total. The smallest absolute Gasteiger partial charge is 0.126 e. The maximum atomic E-state index is 13.7. The third-order valence-corrected chi connectivity index (χ3v) is 4.63. The number of hydrogen-bond acceptors (Lipinski definition) is 3. The molecule has 4 heteroatoms. The Hall–Kier alpha value is -0.970. The van der Waals surface area contributed by atoms with Crippen LogP contribution in [0.25, 0.3) is 0 Å². The van der Waals surface area contributed by atoms with Gasteiger partial charge in [-0.25, -0.2) is 4.39 Å². The number of aliphatic hydroxyl groups is 1. The van der Waals surface area contributed by atoms with Gasteiger partial charge in [0.2, 0.25) is 0 Å². The molecule has 0 amide bonds. The molecule has 21 heavy (non-hydrogen) atoms. The van der Waals surface area contributed by atoms with E-state index in [2.05, 4.69) is 10.2 Å². The minimum Gasteiger partial charge on any atom is -0.395 e. The molecule has 0 heterocycles. The maximum absolute atomic E-state index is 13.7. The Morgan fingerprint density at radius 2 is 2.14 bits per heavy atom. The third-order valence-electron chi connectivity index (χ3n) is 4.63. The van der Waals surface area contributed by atoms with E-state index in [0.29, 0.717) is 11.6 Å². The number of halogens is 1. The number of nitrogens with one attached hydrogen (secondary N) is 1. The van der Waals surface area contributed by atoms with Crippen molar-refractivity contribution in [2.75, 3.05) is 26.7 Å². The van der Waals surface area contributed by atoms with Gasteiger partial charge in [-0.15, -0.1) is 0 Å². The summed E-state index contributed by atoms with van der Waals surface area (Å²) in [4.78, 5) is 2.37. The highest BCUT2D eigenvalue weighted by Gasteiger charge is 2.25. The van der Waals surface area contributed by atoms with Gasteiger partial charge in [-0.2, -0.15) is 0 Å². The first-order valence-corrected chi connectivity index (χ1v) is 7.94. The second-order valence-corrected chi connectivity index (χ2v) is 5.98. The molecule has 0 radical (unpaired) electrons. The quantitative estimate of drug-likeness (QED) is 0.774. The first-order valence-electron chi connectivity index (χ1n) is 7.94. The summed E-state index contributed by atoms with van der Waals surface area (Å²) in [7, 11) is 1.92. The van der Waals surface area contributed by atoms with Crippen LogP contribution < -0.4 is 5.32 Å². The highest BCUT2D eigenvalue weighted by atomic mass is 19.1. The Labute approximate surface area is 127 Å². The van der Waals surface area contributed by atoms with Crippen molar-refractivity contribution in [2.45, 2.75) is 44.7 Å². The van der Waals surface area contributed by atoms with Crippen molar-refractivity contribution in [3.8, 4) is 0 Å². The monoisotopic (exact) mass is 294 g/mol. The Morgan fingerprint density at radius 1 is 1.38 bits per heavy atom. The van der Waals surface area contributed by atoms with Gasteiger partial charge in [-0.3, -0.25) is 4.90 Å². The number of benzene rings is 1. The van der Waals surface area contributed by atoms with Crippen molar-refractivity contribution in [1.82, 2.24) is 10.2 Å². The summed E-state index contributed by atoms with van der Waals surface area (Å²) in [5.41, 5.74) is 1.68. The Morgan fingerprint density at radius 3 is 2.67 bits per heavy atom. The standard InChI is InChI=1S/C17H27FN2O/c1-13-6-7-14(12-16(13)18)17(19-2)8-9-20(10-11-21)15-4-3-5-15/h6-7,12,15,17,19,21H,3-5,8-11H2,1-2H3. The molecule has 0 bridgehead atoms. The molecule has 0 saturated heterocycles. The van der Waals surface area contributed by atoms with Crippen LogP contribution in [0.5, 0.6) is 0 Å². The lowest BCUT2D eigenvalue weighted by Crippen LogP contribution is -2.43. The van der Waals surface area contributed by atoms with Gasteiger partial charge in [0, 0.05) is 25.2 Å². The predicted octanol–water partition coefficient (Wildman–Crippen LogP) is 2.63. The van der Waals surface area contributed by atoms with E-state index in [4.69, 9.17) is 0 Å². The van der Waals surface area contributed by atoms with Crippen LogP contribution in [-0.2, 0) is 0 Å². The van der Waals surface area contributed by atoms with Gasteiger partial charge in [0.1, 0.15) is 5.82 Å². The molecule has 118 valence electrons. The highest BCUT2D eigenvalue weighted by molar-refractivity contribution is 5.25. The summed E-state index contributed by atoms with van der Waals surface area (Å²) in [6, 6.07) is 6.26. The fourth-order valence-electron chi connectivity index (χ4n) is 2.96. The minimum atomic E-state index is -0.140. The van der Waals surface area contributed by atoms with Gasteiger partial charge in [-0.1, -0.05) is 18.6 Å². The maximum Gasteiger partial charge on any atom is 0.126 e. The number of aryl methyl sites for hydroxylation is 1. The van der Waals surface area contributed by atoms with Gasteiger partial charge in [0.15, 0.2) is 0 Å². The molecular weight excluding hydrogens is 267 g/mol. The molecule has 1 unspecified atom stereocenters. The fraction of sp³-hybridized carbons (Fsp3) is 0.647. The third kappa shape index (κ3) is 4.25. The fourth-order valence-corrected chi connectivity index (χ4v) is 2.96. The summed E-state index contributed by atoms with van der Waals surface area (Å²) in [5, 5.41) is 12.5. The number of rotatable bonds is 8. The van der Waals surface area contributed by atoms with Crippen LogP contribution in [0.1, 0.15) is 42.9 Å². The van der Waals surface area contributed by atoms with Gasteiger partial charge < -0.3 is 10.4 Å². The van der Waals surface area contributed by atoms with Crippen LogP contribution in [0.4, 0.5) is 4.39 Å². The lowest BCUT2D eigenvalue weighted by Gasteiger charge is -2.38. The molecule has 1 fully saturated rings. The molecule has 2 N–H and O–H groups in total. The second kappa shape index (κ2) is 7.87. The van der Waals surface area contributed by atoms with Crippen LogP contribution >= 0.6 is 0 Å². The zero-order chi connectivity index (χ0) is 15.2. The van der Waals surface area contributed by atoms with E-state index in [1.807, 2.05) is 19.2 Å². The number of hydrogen-bond donors (Lipinski definition) is 2. The molecule has 0 aliphatic heterocycles. The molecule has 1 aliphatic rings. The molecule has 1 aromatic carbocycles. The molecule has 1 aliphatic carbocycles. The number of nitrogens with zero attached hydrogens (tertiary/aromatic N) is 1. The lowest BCUT2D eigenvalue weighted by molar-refractivity contribution is 0.0972. The predicted molar refractivity (Wildman–Crippen MR) is 83.9 cm³/mol. The van der Waals surface area contributed by atoms with Crippen LogP contribution in [-0.4, -0.2) is 42.8 Å². The van der Waals surface area contributed by atoms with Crippen molar-refractivity contribution in [3.63, 3.8) is 0 Å². The SMILES string of the molecule is CNC(CCN(CCO)C1CCC1)c1ccc(C)c(F)c1. The van der Waals surface area contributed by atoms with E-state index >= 15 is 0 Å². The molecule has 1 atom stereocenters. The van der Waals surface area contributed by atoms with Crippen molar-refractivity contribution in [2.24, 2.45) is 0 Å². The van der Waals surface area contributed by atoms with Crippen LogP contribution in [0.2, 0.25) is 0 Å². The van der Waals surface area contributed by atoms with Crippen LogP contribution in [0, 0.1) is 12.7 Å². The summed E-state index contributed by atoms with van der Waals surface area (Å²) >= 11 is 0. The van der Waals surface area contributed by atoms with Gasteiger partial charge >= 0.3 is 0 Å². The van der Waals surface area contributed by atoms with Crippen LogP contribution in [0.15, 0.2) is 18.2 Å². The lowest BCUT2D eigenvalue weighted by atomic mass is 9.91. The second-order valence-electron chi connectivity index (χ2n) is 5.98. The molecule has 1 saturated carbocycles. The van der Waals surface area contributed by atoms with Gasteiger partial charge in [-0.05, 0) is 50.4 Å². The molecule has 0 spiro atoms. The van der Waals surface area contributed by atoms with Crippen molar-refractivity contribution in [3.05, 3.63) is 35.1 Å². The largest absolute Gasteiger partial charge is 0.395 e. The van der Waals surface area contributed by atoms with Gasteiger partial charge in [0.25, 0.3) is 0 Å². The van der Waals surface area contributed by atoms with E-state index < -0.39 is 0 Å². The molecule has 0 aromatic heterocycles. The number of aliphatic hydroxyl groups excluding tert-OH is 1. The highest BCUT2D eigenvalue weighted by Crippen LogP contribution is 2.26. The summed E-state index contributed by atoms with van der Waals surface area (Å²) < 4.78 is 13.7. The summed E-state index contributed by atoms with van der Waals surface area (Å²) in [5.74, 6) is -0.140. The normalized spacial score (nSPS) is 17.0. The van der Waals surface area contributed by atoms with Crippen molar-refractivity contribution < 1.29 is 9.50 Å². The van der Waals surface area contributed by atoms with Crippen molar-refractivity contribution in [1.29, 1.82) is 0 Å². The Kier molecular flexibility index (Phi) is 6.15. The van der Waals surface area contributed by atoms with E-state index in [1.54, 1.807) is 13.0 Å². The molecule has 2 rings (SSSR count). The van der Waals surface area contributed by atoms with E-state index in [1.165, 1.54) is 19.3 Å². The zero-order valence-corrected chi connectivity index (χ0v) is 13.1. The summed E-state index contributed by atoms with van der Waals surface area (Å²) in [6.07, 6.45) is 4.70. The Balaban J connectivity index is 1.95. The van der Waals surface area contributed by atoms with Crippen molar-refractivity contribution >= 4 is 0 Å². The van der Waals surface area contributed by atoms with Crippen LogP contribution in [0.3, 0.4) is 0 Å². The first-order chi connectivity index (χ1) is 10.2. The minimum absolute atomic E-state index is 0.140. The zero-order valence-electron chi connectivity index (χ0n) is 13.1. The summed E-state index contributed by atoms with van der Waals surface area (Å²) in [6.45, 7) is 3.67. The average Bonchev–Trinajstić information content (AvgIpc) is 2.41. The average molecular weight is 294 g/mol. The topological polar surface area (TPSA) is 35.5 Å². The van der Waals surface area contributed by atoms with E-state index in [-0.39, 0.29) is 18.5 Å². The van der Waals surface area contributed by atoms with E-state index in [9.17, 15) is 9.50 Å². The molecular formula is C17H27FN2O. The molecule has 1 aromatic rings. The van der Waals surface area contributed by atoms with E-state index in [0.717, 1.165) is 25.1 Å². The van der Waals surface area contributed by atoms with Gasteiger partial charge in [0.05, 0.1) is 6.61 Å².